The van der Waals surface area contributed by atoms with Gasteiger partial charge in [0.2, 0.25) is 0 Å². The molecule has 2 saturated heterocycles. The Hall–Kier alpha value is -3.30. The van der Waals surface area contributed by atoms with E-state index in [9.17, 15) is 4.79 Å². The number of carbonyl (C=O) groups excluding carboxylic acids is 1. The third kappa shape index (κ3) is 5.05. The third-order valence-electron chi connectivity index (χ3n) is 8.43. The minimum atomic E-state index is -0.244. The summed E-state index contributed by atoms with van der Waals surface area (Å²) >= 11 is 0. The number of benzene rings is 1. The molecule has 3 aliphatic rings. The van der Waals surface area contributed by atoms with E-state index >= 15 is 0 Å². The van der Waals surface area contributed by atoms with Crippen LogP contribution < -0.4 is 10.1 Å². The van der Waals surface area contributed by atoms with Crippen LogP contribution >= 0.6 is 0 Å². The lowest BCUT2D eigenvalue weighted by Crippen LogP contribution is -2.49. The molecule has 0 aliphatic carbocycles. The van der Waals surface area contributed by atoms with E-state index in [1.807, 2.05) is 35.9 Å². The monoisotopic (exact) mass is 530 g/mol. The Morgan fingerprint density at radius 3 is 2.77 bits per heavy atom. The highest BCUT2D eigenvalue weighted by Crippen LogP contribution is 2.41. The molecule has 0 spiro atoms. The predicted octanol–water partition coefficient (Wildman–Crippen LogP) is 3.88. The van der Waals surface area contributed by atoms with Gasteiger partial charge in [0, 0.05) is 48.6 Å². The second-order valence-electron chi connectivity index (χ2n) is 12.3. The number of ether oxygens (including phenoxy) is 2. The van der Waals surface area contributed by atoms with Gasteiger partial charge in [-0.3, -0.25) is 9.69 Å². The molecule has 206 valence electrons. The van der Waals surface area contributed by atoms with Gasteiger partial charge in [-0.05, 0) is 49.1 Å². The molecule has 39 heavy (non-hydrogen) atoms. The van der Waals surface area contributed by atoms with Gasteiger partial charge in [-0.25, -0.2) is 4.98 Å². The summed E-state index contributed by atoms with van der Waals surface area (Å²) in [6, 6.07) is 9.98. The van der Waals surface area contributed by atoms with Crippen molar-refractivity contribution in [2.75, 3.05) is 38.2 Å². The second kappa shape index (κ2) is 10.0. The zero-order valence-corrected chi connectivity index (χ0v) is 23.4. The lowest BCUT2D eigenvalue weighted by molar-refractivity contribution is -0.0610. The number of anilines is 1. The van der Waals surface area contributed by atoms with E-state index in [0.717, 1.165) is 60.1 Å². The van der Waals surface area contributed by atoms with E-state index in [0.29, 0.717) is 31.4 Å². The largest absolute Gasteiger partial charge is 0.490 e. The first-order valence-corrected chi connectivity index (χ1v) is 13.9. The summed E-state index contributed by atoms with van der Waals surface area (Å²) in [5.74, 6) is 2.24. The van der Waals surface area contributed by atoms with Crippen LogP contribution in [0.25, 0.3) is 0 Å². The molecule has 6 rings (SSSR count). The molecule has 9 heteroatoms. The molecule has 3 aromatic rings. The standard InChI is InChI=1S/C30H38N6O3/c1-20-7-6-10-36(14-20)15-21-11-24(33-27-26(21)39-16-29(27,2)3)28(37)32-23-9-5-8-22(12-23)30(17-38-18-30)13-25-34-31-19-35(25)4/h5,8-9,11-12,19-20H,6-7,10,13-18H2,1-4H3,(H,32,37)/t20-/m0/s1. The number of aryl methyl sites for hydroxylation is 1. The number of nitrogens with zero attached hydrogens (tertiary/aromatic N) is 5. The van der Waals surface area contributed by atoms with E-state index in [-0.39, 0.29) is 16.7 Å². The Balaban J connectivity index is 1.25. The minimum Gasteiger partial charge on any atom is -0.490 e. The fourth-order valence-electron chi connectivity index (χ4n) is 6.04. The SMILES string of the molecule is C[C@H]1CCCN(Cc2cc(C(=O)Nc3cccc(C4(Cc5nncn5C)COC4)c3)nc3c2OCC3(C)C)C1. The number of likely N-dealkylation sites (tertiary alicyclic amines) is 1. The van der Waals surface area contributed by atoms with Gasteiger partial charge in [-0.2, -0.15) is 0 Å². The van der Waals surface area contributed by atoms with Gasteiger partial charge in [0.15, 0.2) is 0 Å². The minimum absolute atomic E-state index is 0.187. The summed E-state index contributed by atoms with van der Waals surface area (Å²) in [7, 11) is 1.95. The molecule has 1 atom stereocenters. The van der Waals surface area contributed by atoms with Crippen LogP contribution in [0.5, 0.6) is 5.75 Å². The van der Waals surface area contributed by atoms with E-state index in [1.165, 1.54) is 12.8 Å². The van der Waals surface area contributed by atoms with Crippen LogP contribution in [-0.4, -0.2) is 63.5 Å². The fraction of sp³-hybridized carbons (Fsp3) is 0.533. The van der Waals surface area contributed by atoms with Crippen molar-refractivity contribution < 1.29 is 14.3 Å². The van der Waals surface area contributed by atoms with Gasteiger partial charge in [-0.1, -0.05) is 32.9 Å². The lowest BCUT2D eigenvalue weighted by Gasteiger charge is -2.41. The molecule has 1 aromatic carbocycles. The average Bonchev–Trinajstić information content (AvgIpc) is 3.43. The molecular formula is C30H38N6O3. The van der Waals surface area contributed by atoms with Crippen LogP contribution in [0.4, 0.5) is 5.69 Å². The molecular weight excluding hydrogens is 492 g/mol. The molecule has 9 nitrogen and oxygen atoms in total. The average molecular weight is 531 g/mol. The molecule has 0 saturated carbocycles. The van der Waals surface area contributed by atoms with Gasteiger partial charge in [0.25, 0.3) is 5.91 Å². The number of piperidine rings is 1. The summed E-state index contributed by atoms with van der Waals surface area (Å²) in [6.45, 7) is 11.2. The maximum atomic E-state index is 13.6. The molecule has 1 amide bonds. The van der Waals surface area contributed by atoms with E-state index in [2.05, 4.69) is 47.3 Å². The maximum absolute atomic E-state index is 13.6. The van der Waals surface area contributed by atoms with Gasteiger partial charge in [-0.15, -0.1) is 10.2 Å². The van der Waals surface area contributed by atoms with Crippen molar-refractivity contribution in [3.8, 4) is 5.75 Å². The smallest absolute Gasteiger partial charge is 0.274 e. The Bertz CT molecular complexity index is 1380. The maximum Gasteiger partial charge on any atom is 0.274 e. The van der Waals surface area contributed by atoms with E-state index in [4.69, 9.17) is 14.5 Å². The van der Waals surface area contributed by atoms with Crippen molar-refractivity contribution in [2.24, 2.45) is 13.0 Å². The zero-order chi connectivity index (χ0) is 27.2. The van der Waals surface area contributed by atoms with Crippen LogP contribution in [0, 0.1) is 5.92 Å². The highest BCUT2D eigenvalue weighted by molar-refractivity contribution is 6.03. The third-order valence-corrected chi connectivity index (χ3v) is 8.43. The Morgan fingerprint density at radius 2 is 2.05 bits per heavy atom. The van der Waals surface area contributed by atoms with Crippen molar-refractivity contribution >= 4 is 11.6 Å². The number of hydrogen-bond acceptors (Lipinski definition) is 7. The topological polar surface area (TPSA) is 94.4 Å². The second-order valence-corrected chi connectivity index (χ2v) is 12.3. The van der Waals surface area contributed by atoms with Crippen LogP contribution in [0.2, 0.25) is 0 Å². The number of amides is 1. The molecule has 1 N–H and O–H groups in total. The number of aromatic nitrogens is 4. The number of carbonyl (C=O) groups is 1. The fourth-order valence-corrected chi connectivity index (χ4v) is 6.04. The van der Waals surface area contributed by atoms with Gasteiger partial charge >= 0.3 is 0 Å². The molecule has 0 bridgehead atoms. The summed E-state index contributed by atoms with van der Waals surface area (Å²) in [5, 5.41) is 11.4. The zero-order valence-electron chi connectivity index (χ0n) is 23.4. The Kier molecular flexibility index (Phi) is 6.67. The van der Waals surface area contributed by atoms with Crippen LogP contribution in [0.1, 0.15) is 66.7 Å². The number of nitrogens with one attached hydrogen (secondary N) is 1. The first kappa shape index (κ1) is 26.0. The summed E-state index contributed by atoms with van der Waals surface area (Å²) in [4.78, 5) is 20.9. The number of fused-ring (bicyclic) bond motifs is 1. The molecule has 0 unspecified atom stereocenters. The molecule has 2 fully saturated rings. The highest BCUT2D eigenvalue weighted by Gasteiger charge is 2.42. The molecule has 3 aliphatic heterocycles. The van der Waals surface area contributed by atoms with Gasteiger partial charge < -0.3 is 19.4 Å². The normalized spacial score (nSPS) is 21.6. The van der Waals surface area contributed by atoms with Crippen molar-refractivity contribution in [1.29, 1.82) is 0 Å². The molecule has 5 heterocycles. The summed E-state index contributed by atoms with van der Waals surface area (Å²) < 4.78 is 13.7. The Morgan fingerprint density at radius 1 is 1.21 bits per heavy atom. The van der Waals surface area contributed by atoms with Crippen LogP contribution in [0.3, 0.4) is 0 Å². The Labute approximate surface area is 229 Å². The quantitative estimate of drug-likeness (QED) is 0.496. The van der Waals surface area contributed by atoms with E-state index in [1.54, 1.807) is 6.33 Å². The number of pyridine rings is 1. The number of hydrogen-bond donors (Lipinski definition) is 1. The predicted molar refractivity (Wildman–Crippen MR) is 148 cm³/mol. The van der Waals surface area contributed by atoms with Crippen molar-refractivity contribution in [3.05, 3.63) is 65.0 Å². The van der Waals surface area contributed by atoms with Crippen molar-refractivity contribution in [2.45, 2.75) is 57.4 Å². The van der Waals surface area contributed by atoms with E-state index < -0.39 is 0 Å². The van der Waals surface area contributed by atoms with Gasteiger partial charge in [0.1, 0.15) is 23.6 Å². The first-order chi connectivity index (χ1) is 18.7. The first-order valence-electron chi connectivity index (χ1n) is 13.9. The number of rotatable bonds is 7. The molecule has 0 radical (unpaired) electrons. The summed E-state index contributed by atoms with van der Waals surface area (Å²) in [5.41, 5.74) is 3.78. The lowest BCUT2D eigenvalue weighted by atomic mass is 9.75. The summed E-state index contributed by atoms with van der Waals surface area (Å²) in [6.07, 6.45) is 4.91. The van der Waals surface area contributed by atoms with Crippen LogP contribution in [0.15, 0.2) is 36.7 Å². The van der Waals surface area contributed by atoms with Crippen molar-refractivity contribution in [3.63, 3.8) is 0 Å². The highest BCUT2D eigenvalue weighted by atomic mass is 16.5. The molecule has 2 aromatic heterocycles. The van der Waals surface area contributed by atoms with Gasteiger partial charge in [0.05, 0.1) is 25.5 Å². The van der Waals surface area contributed by atoms with Crippen LogP contribution in [-0.2, 0) is 35.6 Å². The van der Waals surface area contributed by atoms with Crippen molar-refractivity contribution in [1.82, 2.24) is 24.6 Å².